The van der Waals surface area contributed by atoms with E-state index < -0.39 is 16.6 Å². The number of halogens is 2. The van der Waals surface area contributed by atoms with Gasteiger partial charge in [0.05, 0.1) is 17.2 Å². The molecule has 1 aromatic rings. The van der Waals surface area contributed by atoms with Gasteiger partial charge in [0.1, 0.15) is 5.82 Å². The van der Waals surface area contributed by atoms with Crippen molar-refractivity contribution in [2.75, 3.05) is 0 Å². The fraction of sp³-hybridized carbons (Fsp3) is 0. The Morgan fingerprint density at radius 1 is 1.57 bits per heavy atom. The SMILES string of the molecule is N#Cc1cc(F)c(C(=O)Cl)c(C=O)c1. The molecule has 0 atom stereocenters. The van der Waals surface area contributed by atoms with Gasteiger partial charge < -0.3 is 0 Å². The van der Waals surface area contributed by atoms with Crippen molar-refractivity contribution in [3.8, 4) is 6.07 Å². The van der Waals surface area contributed by atoms with Crippen molar-refractivity contribution in [2.45, 2.75) is 0 Å². The maximum atomic E-state index is 13.1. The van der Waals surface area contributed by atoms with Gasteiger partial charge in [-0.1, -0.05) is 0 Å². The zero-order valence-corrected chi connectivity index (χ0v) is 7.51. The van der Waals surface area contributed by atoms with Gasteiger partial charge in [-0.2, -0.15) is 5.26 Å². The molecule has 0 fully saturated rings. The molecule has 0 saturated carbocycles. The van der Waals surface area contributed by atoms with E-state index in [9.17, 15) is 14.0 Å². The molecule has 5 heteroatoms. The van der Waals surface area contributed by atoms with E-state index in [-0.39, 0.29) is 17.4 Å². The summed E-state index contributed by atoms with van der Waals surface area (Å²) in [5, 5.41) is 7.40. The van der Waals surface area contributed by atoms with Crippen molar-refractivity contribution in [3.63, 3.8) is 0 Å². The van der Waals surface area contributed by atoms with Crippen LogP contribution in [0.25, 0.3) is 0 Å². The number of nitrogens with zero attached hydrogens (tertiary/aromatic N) is 1. The van der Waals surface area contributed by atoms with E-state index in [4.69, 9.17) is 16.9 Å². The summed E-state index contributed by atoms with van der Waals surface area (Å²) in [6, 6.07) is 3.61. The summed E-state index contributed by atoms with van der Waals surface area (Å²) in [4.78, 5) is 21.2. The average molecular weight is 212 g/mol. The van der Waals surface area contributed by atoms with Gasteiger partial charge in [0.25, 0.3) is 5.24 Å². The molecule has 0 heterocycles. The van der Waals surface area contributed by atoms with Crippen LogP contribution in [0.2, 0.25) is 0 Å². The van der Waals surface area contributed by atoms with Gasteiger partial charge in [-0.15, -0.1) is 0 Å². The minimum absolute atomic E-state index is 0.0359. The van der Waals surface area contributed by atoms with Crippen LogP contribution in [0.1, 0.15) is 26.3 Å². The molecule has 70 valence electrons. The number of carbonyl (C=O) groups excluding carboxylic acids is 2. The fourth-order valence-corrected chi connectivity index (χ4v) is 1.19. The lowest BCUT2D eigenvalue weighted by Crippen LogP contribution is -2.02. The molecule has 0 spiro atoms. The highest BCUT2D eigenvalue weighted by Gasteiger charge is 2.15. The first-order valence-electron chi connectivity index (χ1n) is 3.48. The minimum Gasteiger partial charge on any atom is -0.298 e. The van der Waals surface area contributed by atoms with Gasteiger partial charge >= 0.3 is 0 Å². The van der Waals surface area contributed by atoms with Crippen LogP contribution in [-0.4, -0.2) is 11.5 Å². The molecular weight excluding hydrogens is 209 g/mol. The first-order chi connectivity index (χ1) is 6.60. The molecule has 1 rings (SSSR count). The van der Waals surface area contributed by atoms with Gasteiger partial charge in [-0.3, -0.25) is 9.59 Å². The highest BCUT2D eigenvalue weighted by atomic mass is 35.5. The Labute approximate surface area is 83.7 Å². The van der Waals surface area contributed by atoms with Gasteiger partial charge in [0.2, 0.25) is 0 Å². The van der Waals surface area contributed by atoms with Crippen molar-refractivity contribution in [3.05, 3.63) is 34.6 Å². The molecule has 0 aliphatic carbocycles. The summed E-state index contributed by atoms with van der Waals surface area (Å²) in [5.74, 6) is -0.967. The van der Waals surface area contributed by atoms with Crippen LogP contribution in [0.3, 0.4) is 0 Å². The lowest BCUT2D eigenvalue weighted by molar-refractivity contribution is 0.106. The maximum Gasteiger partial charge on any atom is 0.256 e. The third-order valence-corrected chi connectivity index (χ3v) is 1.76. The van der Waals surface area contributed by atoms with Crippen molar-refractivity contribution in [2.24, 2.45) is 0 Å². The third-order valence-electron chi connectivity index (χ3n) is 1.57. The van der Waals surface area contributed by atoms with Crippen molar-refractivity contribution in [1.29, 1.82) is 5.26 Å². The van der Waals surface area contributed by atoms with E-state index in [1.54, 1.807) is 6.07 Å². The van der Waals surface area contributed by atoms with Gasteiger partial charge in [0.15, 0.2) is 6.29 Å². The Morgan fingerprint density at radius 3 is 2.64 bits per heavy atom. The summed E-state index contributed by atoms with van der Waals surface area (Å²) in [6.07, 6.45) is 0.277. The molecule has 1 aromatic carbocycles. The molecule has 0 bridgehead atoms. The van der Waals surface area contributed by atoms with E-state index >= 15 is 0 Å². The van der Waals surface area contributed by atoms with Crippen LogP contribution >= 0.6 is 11.6 Å². The number of carbonyl (C=O) groups is 2. The largest absolute Gasteiger partial charge is 0.298 e. The first-order valence-corrected chi connectivity index (χ1v) is 3.86. The van der Waals surface area contributed by atoms with Gasteiger partial charge in [-0.25, -0.2) is 4.39 Å². The van der Waals surface area contributed by atoms with E-state index in [0.717, 1.165) is 12.1 Å². The normalized spacial score (nSPS) is 9.21. The monoisotopic (exact) mass is 211 g/mol. The highest BCUT2D eigenvalue weighted by molar-refractivity contribution is 6.68. The van der Waals surface area contributed by atoms with Gasteiger partial charge in [0, 0.05) is 5.56 Å². The second-order valence-electron chi connectivity index (χ2n) is 2.43. The molecular formula is C9H3ClFNO2. The van der Waals surface area contributed by atoms with Crippen LogP contribution < -0.4 is 0 Å². The van der Waals surface area contributed by atoms with E-state index in [1.165, 1.54) is 0 Å². The molecule has 0 radical (unpaired) electrons. The molecule has 0 aromatic heterocycles. The van der Waals surface area contributed by atoms with Crippen LogP contribution in [0.15, 0.2) is 12.1 Å². The summed E-state index contributed by atoms with van der Waals surface area (Å²) in [6.45, 7) is 0. The van der Waals surface area contributed by atoms with Crippen molar-refractivity contribution < 1.29 is 14.0 Å². The lowest BCUT2D eigenvalue weighted by Gasteiger charge is -2.01. The Bertz CT molecular complexity index is 451. The zero-order chi connectivity index (χ0) is 10.7. The lowest BCUT2D eigenvalue weighted by atomic mass is 10.1. The molecule has 0 saturated heterocycles. The Balaban J connectivity index is 3.52. The molecule has 0 aliphatic rings. The fourth-order valence-electron chi connectivity index (χ4n) is 0.993. The molecule has 0 unspecified atom stereocenters. The van der Waals surface area contributed by atoms with E-state index in [2.05, 4.69) is 0 Å². The smallest absolute Gasteiger partial charge is 0.256 e. The Kier molecular flexibility index (Phi) is 2.95. The maximum absolute atomic E-state index is 13.1. The zero-order valence-electron chi connectivity index (χ0n) is 6.75. The topological polar surface area (TPSA) is 57.9 Å². The minimum atomic E-state index is -1.06. The van der Waals surface area contributed by atoms with Crippen LogP contribution in [0.4, 0.5) is 4.39 Å². The predicted octanol–water partition coefficient (Wildman–Crippen LogP) is 1.89. The van der Waals surface area contributed by atoms with Crippen LogP contribution in [-0.2, 0) is 0 Å². The standard InChI is InChI=1S/C9H3ClFNO2/c10-9(14)8-6(4-13)1-5(3-12)2-7(8)11/h1-2,4H. The third kappa shape index (κ3) is 1.78. The van der Waals surface area contributed by atoms with Crippen LogP contribution in [0, 0.1) is 17.1 Å². The van der Waals surface area contributed by atoms with Crippen molar-refractivity contribution >= 4 is 23.1 Å². The first kappa shape index (κ1) is 10.4. The molecule has 14 heavy (non-hydrogen) atoms. The number of benzene rings is 1. The number of nitriles is 1. The predicted molar refractivity (Wildman–Crippen MR) is 46.7 cm³/mol. The summed E-state index contributed by atoms with van der Waals surface area (Å²) in [7, 11) is 0. The molecule has 0 aliphatic heterocycles. The summed E-state index contributed by atoms with van der Waals surface area (Å²) < 4.78 is 13.1. The second-order valence-corrected chi connectivity index (χ2v) is 2.77. The number of aldehydes is 1. The second kappa shape index (κ2) is 3.99. The quantitative estimate of drug-likeness (QED) is 0.554. The number of hydrogen-bond donors (Lipinski definition) is 0. The average Bonchev–Trinajstić information content (AvgIpc) is 2.15. The summed E-state index contributed by atoms with van der Waals surface area (Å²) in [5.41, 5.74) is -0.756. The molecule has 0 amide bonds. The number of rotatable bonds is 2. The van der Waals surface area contributed by atoms with E-state index in [1.807, 2.05) is 0 Å². The Hall–Kier alpha value is -1.73. The highest BCUT2D eigenvalue weighted by Crippen LogP contribution is 2.17. The van der Waals surface area contributed by atoms with E-state index in [0.29, 0.717) is 0 Å². The van der Waals surface area contributed by atoms with Gasteiger partial charge in [-0.05, 0) is 23.7 Å². The Morgan fingerprint density at radius 2 is 2.21 bits per heavy atom. The molecule has 0 N–H and O–H groups in total. The number of hydrogen-bond acceptors (Lipinski definition) is 3. The van der Waals surface area contributed by atoms with Crippen molar-refractivity contribution in [1.82, 2.24) is 0 Å². The summed E-state index contributed by atoms with van der Waals surface area (Å²) >= 11 is 5.07. The molecule has 3 nitrogen and oxygen atoms in total. The van der Waals surface area contributed by atoms with Crippen LogP contribution in [0.5, 0.6) is 0 Å².